The molecule has 2 fully saturated rings. The van der Waals surface area contributed by atoms with E-state index in [0.717, 1.165) is 35.6 Å². The van der Waals surface area contributed by atoms with Crippen molar-refractivity contribution in [3.8, 4) is 16.9 Å². The molecule has 1 amide bonds. The second kappa shape index (κ2) is 9.01. The number of fused-ring (bicyclic) bond motifs is 1. The van der Waals surface area contributed by atoms with Crippen LogP contribution in [0.5, 0.6) is 0 Å². The number of aliphatic hydroxyl groups excluding tert-OH is 1. The summed E-state index contributed by atoms with van der Waals surface area (Å²) in [6, 6.07) is 7.68. The summed E-state index contributed by atoms with van der Waals surface area (Å²) >= 11 is 0. The van der Waals surface area contributed by atoms with Crippen molar-refractivity contribution in [3.05, 3.63) is 81.3 Å². The van der Waals surface area contributed by atoms with Crippen molar-refractivity contribution in [1.29, 1.82) is 0 Å². The summed E-state index contributed by atoms with van der Waals surface area (Å²) in [5.74, 6) is -1.36. The van der Waals surface area contributed by atoms with E-state index >= 15 is 0 Å². The van der Waals surface area contributed by atoms with Gasteiger partial charge in [-0.15, -0.1) is 0 Å². The van der Waals surface area contributed by atoms with Crippen molar-refractivity contribution < 1.29 is 31.9 Å². The molecule has 0 radical (unpaired) electrons. The highest BCUT2D eigenvalue weighted by Gasteiger charge is 2.36. The lowest BCUT2D eigenvalue weighted by atomic mass is 9.96. The van der Waals surface area contributed by atoms with Crippen LogP contribution in [0, 0.1) is 5.82 Å². The number of benzene rings is 1. The standard InChI is InChI=1S/C27H21F5N4O3/c28-15-3-4-18(19(7-15)25(38)35-9-16(29)10-35)14-5-22(13-1-2-13)34-23(6-14)36-11-21(27(30,31)32)20-8-17(12-37)33-24(20)26(36)39/h3-8,11,13,16,33,37H,1-2,9-10,12H2. The van der Waals surface area contributed by atoms with E-state index in [1.54, 1.807) is 6.07 Å². The number of halogens is 5. The molecule has 1 aromatic carbocycles. The molecule has 3 aromatic heterocycles. The Morgan fingerprint density at radius 2 is 1.87 bits per heavy atom. The number of rotatable bonds is 5. The van der Waals surface area contributed by atoms with Crippen molar-refractivity contribution in [2.45, 2.75) is 37.7 Å². The van der Waals surface area contributed by atoms with Crippen LogP contribution >= 0.6 is 0 Å². The van der Waals surface area contributed by atoms with Gasteiger partial charge in [-0.3, -0.25) is 14.2 Å². The number of H-pyrrole nitrogens is 1. The number of carbonyl (C=O) groups is 1. The van der Waals surface area contributed by atoms with Crippen LogP contribution < -0.4 is 5.56 Å². The molecule has 39 heavy (non-hydrogen) atoms. The molecule has 6 rings (SSSR count). The largest absolute Gasteiger partial charge is 0.418 e. The summed E-state index contributed by atoms with van der Waals surface area (Å²) in [5.41, 5.74) is -1.09. The van der Waals surface area contributed by atoms with Gasteiger partial charge in [0, 0.05) is 28.9 Å². The number of aromatic amines is 1. The molecular formula is C27H21F5N4O3. The first kappa shape index (κ1) is 25.2. The maximum Gasteiger partial charge on any atom is 0.418 e. The Labute approximate surface area is 217 Å². The molecule has 4 aromatic rings. The van der Waals surface area contributed by atoms with E-state index < -0.39 is 41.8 Å². The van der Waals surface area contributed by atoms with Crippen LogP contribution in [0.2, 0.25) is 0 Å². The normalized spacial score (nSPS) is 16.1. The van der Waals surface area contributed by atoms with Gasteiger partial charge in [0.1, 0.15) is 23.3 Å². The Hall–Kier alpha value is -4.06. The van der Waals surface area contributed by atoms with Gasteiger partial charge in [-0.25, -0.2) is 13.8 Å². The van der Waals surface area contributed by atoms with Gasteiger partial charge in [-0.05, 0) is 54.3 Å². The predicted molar refractivity (Wildman–Crippen MR) is 131 cm³/mol. The fourth-order valence-electron chi connectivity index (χ4n) is 4.86. The molecule has 1 saturated heterocycles. The number of alkyl halides is 4. The molecule has 1 saturated carbocycles. The van der Waals surface area contributed by atoms with Crippen LogP contribution in [0.4, 0.5) is 22.0 Å². The minimum absolute atomic E-state index is 0.0129. The number of hydrogen-bond donors (Lipinski definition) is 2. The molecule has 0 atom stereocenters. The van der Waals surface area contributed by atoms with Gasteiger partial charge in [0.2, 0.25) is 0 Å². The first-order valence-electron chi connectivity index (χ1n) is 12.2. The zero-order chi connectivity index (χ0) is 27.6. The average molecular weight is 544 g/mol. The first-order chi connectivity index (χ1) is 18.5. The fourth-order valence-corrected chi connectivity index (χ4v) is 4.86. The summed E-state index contributed by atoms with van der Waals surface area (Å²) in [7, 11) is 0. The molecule has 7 nitrogen and oxygen atoms in total. The number of carbonyl (C=O) groups excluding carboxylic acids is 1. The molecule has 4 heterocycles. The van der Waals surface area contributed by atoms with Gasteiger partial charge in [-0.2, -0.15) is 13.2 Å². The summed E-state index contributed by atoms with van der Waals surface area (Å²) in [6.45, 7) is -0.830. The summed E-state index contributed by atoms with van der Waals surface area (Å²) in [6.07, 6.45) is -3.74. The molecule has 1 aliphatic carbocycles. The van der Waals surface area contributed by atoms with E-state index in [0.29, 0.717) is 17.5 Å². The van der Waals surface area contributed by atoms with E-state index in [1.165, 1.54) is 17.0 Å². The third-order valence-electron chi connectivity index (χ3n) is 7.05. The number of aliphatic hydroxyl groups is 1. The Morgan fingerprint density at radius 1 is 1.13 bits per heavy atom. The lowest BCUT2D eigenvalue weighted by Gasteiger charge is -2.34. The highest BCUT2D eigenvalue weighted by atomic mass is 19.4. The van der Waals surface area contributed by atoms with E-state index in [2.05, 4.69) is 9.97 Å². The van der Waals surface area contributed by atoms with E-state index in [4.69, 9.17) is 0 Å². The summed E-state index contributed by atoms with van der Waals surface area (Å²) in [5, 5.41) is 9.05. The quantitative estimate of drug-likeness (QED) is 0.357. The van der Waals surface area contributed by atoms with Gasteiger partial charge in [0.05, 0.1) is 30.8 Å². The molecule has 0 bridgehead atoms. The molecule has 0 spiro atoms. The minimum atomic E-state index is -4.82. The molecule has 202 valence electrons. The van der Waals surface area contributed by atoms with Crippen molar-refractivity contribution in [1.82, 2.24) is 19.4 Å². The Kier molecular flexibility index (Phi) is 5.83. The van der Waals surface area contributed by atoms with Crippen LogP contribution in [-0.4, -0.2) is 49.7 Å². The van der Waals surface area contributed by atoms with Crippen LogP contribution in [0.25, 0.3) is 27.8 Å². The predicted octanol–water partition coefficient (Wildman–Crippen LogP) is 4.70. The maximum absolute atomic E-state index is 14.2. The molecule has 2 N–H and O–H groups in total. The van der Waals surface area contributed by atoms with Crippen LogP contribution in [0.15, 0.2) is 47.4 Å². The average Bonchev–Trinajstić information content (AvgIpc) is 3.64. The van der Waals surface area contributed by atoms with Gasteiger partial charge in [0.15, 0.2) is 0 Å². The topological polar surface area (TPSA) is 91.2 Å². The monoisotopic (exact) mass is 544 g/mol. The number of amides is 1. The number of likely N-dealkylation sites (tertiary alicyclic amines) is 1. The van der Waals surface area contributed by atoms with Crippen molar-refractivity contribution >= 4 is 16.8 Å². The Balaban J connectivity index is 1.56. The molecule has 2 aliphatic rings. The van der Waals surface area contributed by atoms with Crippen LogP contribution in [0.3, 0.4) is 0 Å². The fraction of sp³-hybridized carbons (Fsp3) is 0.296. The Morgan fingerprint density at radius 3 is 2.51 bits per heavy atom. The van der Waals surface area contributed by atoms with Crippen molar-refractivity contribution in [2.75, 3.05) is 13.1 Å². The van der Waals surface area contributed by atoms with Crippen molar-refractivity contribution in [2.24, 2.45) is 0 Å². The van der Waals surface area contributed by atoms with Gasteiger partial charge < -0.3 is 15.0 Å². The number of pyridine rings is 2. The maximum atomic E-state index is 14.2. The minimum Gasteiger partial charge on any atom is -0.390 e. The number of aromatic nitrogens is 3. The second-order valence-electron chi connectivity index (χ2n) is 9.87. The second-order valence-corrected chi connectivity index (χ2v) is 9.87. The highest BCUT2D eigenvalue weighted by Crippen LogP contribution is 2.41. The lowest BCUT2D eigenvalue weighted by molar-refractivity contribution is -0.136. The van der Waals surface area contributed by atoms with Crippen molar-refractivity contribution in [3.63, 3.8) is 0 Å². The third kappa shape index (κ3) is 4.48. The zero-order valence-electron chi connectivity index (χ0n) is 20.2. The van der Waals surface area contributed by atoms with E-state index in [-0.39, 0.29) is 52.5 Å². The third-order valence-corrected chi connectivity index (χ3v) is 7.05. The van der Waals surface area contributed by atoms with Crippen LogP contribution in [0.1, 0.15) is 46.1 Å². The smallest absolute Gasteiger partial charge is 0.390 e. The summed E-state index contributed by atoms with van der Waals surface area (Å²) in [4.78, 5) is 34.7. The number of nitrogens with zero attached hydrogens (tertiary/aromatic N) is 3. The number of hydrogen-bond acceptors (Lipinski definition) is 4. The zero-order valence-corrected chi connectivity index (χ0v) is 20.2. The lowest BCUT2D eigenvalue weighted by Crippen LogP contribution is -2.51. The SMILES string of the molecule is O=C(c1cc(F)ccc1-c1cc(C2CC2)nc(-n2cc(C(F)(F)F)c3cc(CO)[nH]c3c2=O)c1)N1CC(F)C1. The van der Waals surface area contributed by atoms with Gasteiger partial charge in [-0.1, -0.05) is 6.07 Å². The van der Waals surface area contributed by atoms with E-state index in [9.17, 15) is 36.6 Å². The molecule has 12 heteroatoms. The van der Waals surface area contributed by atoms with Gasteiger partial charge in [0.25, 0.3) is 11.5 Å². The van der Waals surface area contributed by atoms with Gasteiger partial charge >= 0.3 is 6.18 Å². The molecule has 1 aliphatic heterocycles. The Bertz CT molecular complexity index is 1680. The molecule has 0 unspecified atom stereocenters. The van der Waals surface area contributed by atoms with Crippen LogP contribution in [-0.2, 0) is 12.8 Å². The summed E-state index contributed by atoms with van der Waals surface area (Å²) < 4.78 is 70.5. The highest BCUT2D eigenvalue weighted by molar-refractivity contribution is 6.01. The number of nitrogens with one attached hydrogen (secondary N) is 1. The first-order valence-corrected chi connectivity index (χ1v) is 12.2. The molecular weight excluding hydrogens is 523 g/mol. The van der Waals surface area contributed by atoms with E-state index in [1.807, 2.05) is 0 Å².